The number of hydrogen-bond acceptors (Lipinski definition) is 6. The molecular weight excluding hydrogens is 552 g/mol. The van der Waals surface area contributed by atoms with Gasteiger partial charge in [-0.3, -0.25) is 4.99 Å². The Labute approximate surface area is 262 Å². The van der Waals surface area contributed by atoms with Crippen LogP contribution < -0.4 is 10.7 Å². The Kier molecular flexibility index (Phi) is 12.6. The van der Waals surface area contributed by atoms with E-state index in [2.05, 4.69) is 61.9 Å². The summed E-state index contributed by atoms with van der Waals surface area (Å²) in [6.07, 6.45) is 10.8. The van der Waals surface area contributed by atoms with E-state index < -0.39 is 0 Å². The number of fused-ring (bicyclic) bond motifs is 2. The Morgan fingerprint density at radius 2 is 1.56 bits per heavy atom. The highest BCUT2D eigenvalue weighted by Gasteiger charge is 2.23. The lowest BCUT2D eigenvalue weighted by Gasteiger charge is -2.20. The third kappa shape index (κ3) is 8.44. The largest absolute Gasteiger partial charge is 0.462 e. The maximum absolute atomic E-state index is 13.5. The van der Waals surface area contributed by atoms with E-state index in [4.69, 9.17) is 9.15 Å². The molecular formula is C37H48N2O3S. The van der Waals surface area contributed by atoms with Crippen LogP contribution in [0.15, 0.2) is 57.9 Å². The lowest BCUT2D eigenvalue weighted by molar-refractivity contribution is 0.0498. The Morgan fingerprint density at radius 3 is 2.26 bits per heavy atom. The number of unbranched alkanes of at least 4 members (excludes halogenated alkanes) is 8. The summed E-state index contributed by atoms with van der Waals surface area (Å²) in [4.78, 5) is 18.2. The van der Waals surface area contributed by atoms with E-state index in [1.54, 1.807) is 0 Å². The van der Waals surface area contributed by atoms with Gasteiger partial charge < -0.3 is 14.5 Å². The second-order valence-corrected chi connectivity index (χ2v) is 11.8. The lowest BCUT2D eigenvalue weighted by atomic mass is 9.89. The molecule has 0 aromatic heterocycles. The zero-order valence-electron chi connectivity index (χ0n) is 26.4. The van der Waals surface area contributed by atoms with Gasteiger partial charge in [0.05, 0.1) is 17.5 Å². The van der Waals surface area contributed by atoms with E-state index >= 15 is 0 Å². The summed E-state index contributed by atoms with van der Waals surface area (Å²) in [5.41, 5.74) is 7.37. The van der Waals surface area contributed by atoms with Crippen LogP contribution in [0.25, 0.3) is 33.4 Å². The summed E-state index contributed by atoms with van der Waals surface area (Å²) >= 11 is 4.28. The molecule has 4 rings (SSSR count). The molecule has 1 aliphatic carbocycles. The highest BCUT2D eigenvalue weighted by molar-refractivity contribution is 7.80. The Bertz CT molecular complexity index is 1540. The third-order valence-corrected chi connectivity index (χ3v) is 8.35. The Morgan fingerprint density at radius 1 is 0.860 bits per heavy atom. The average Bonchev–Trinajstić information content (AvgIpc) is 3.00. The van der Waals surface area contributed by atoms with Crippen LogP contribution in [0.5, 0.6) is 0 Å². The highest BCUT2D eigenvalue weighted by atomic mass is 32.1. The quantitative estimate of drug-likeness (QED) is 0.0581. The summed E-state index contributed by atoms with van der Waals surface area (Å²) in [7, 11) is 0. The van der Waals surface area contributed by atoms with Crippen molar-refractivity contribution in [2.45, 2.75) is 85.5 Å². The number of carbonyl (C=O) groups is 1. The number of nitrogens with zero attached hydrogens (tertiary/aromatic N) is 1. The van der Waals surface area contributed by atoms with Crippen LogP contribution in [0.1, 0.15) is 93.1 Å². The minimum atomic E-state index is -0.280. The molecule has 2 aromatic rings. The van der Waals surface area contributed by atoms with Gasteiger partial charge in [-0.25, -0.2) is 4.79 Å². The highest BCUT2D eigenvalue weighted by Crippen LogP contribution is 2.43. The predicted molar refractivity (Wildman–Crippen MR) is 184 cm³/mol. The van der Waals surface area contributed by atoms with Crippen LogP contribution in [0, 0.1) is 13.8 Å². The molecule has 2 aliphatic rings. The minimum absolute atomic E-state index is 0.280. The number of esters is 1. The number of hydrogen-bond donors (Lipinski definition) is 2. The van der Waals surface area contributed by atoms with Crippen LogP contribution in [0.4, 0.5) is 5.69 Å². The molecule has 2 aromatic carbocycles. The first-order valence-electron chi connectivity index (χ1n) is 16.1. The molecule has 0 bridgehead atoms. The first kappa shape index (κ1) is 32.7. The summed E-state index contributed by atoms with van der Waals surface area (Å²) in [5, 5.41) is 5.34. The SMILES string of the molecule is CCN=c1cc2oc3cc(NCC)c(C)cc3c(-c3ccccc3C(=O)OCCCCCCCCCCCS)c-2cc1C. The van der Waals surface area contributed by atoms with Crippen LogP contribution in [0.2, 0.25) is 0 Å². The molecule has 1 heterocycles. The van der Waals surface area contributed by atoms with Crippen LogP contribution in [-0.2, 0) is 4.74 Å². The topological polar surface area (TPSA) is 63.8 Å². The van der Waals surface area contributed by atoms with Crippen molar-refractivity contribution in [1.82, 2.24) is 0 Å². The molecule has 1 aliphatic heterocycles. The van der Waals surface area contributed by atoms with E-state index in [1.807, 2.05) is 37.3 Å². The summed E-state index contributed by atoms with van der Waals surface area (Å²) in [5.74, 6) is 1.46. The zero-order valence-corrected chi connectivity index (χ0v) is 27.3. The Hall–Kier alpha value is -3.25. The van der Waals surface area contributed by atoms with Crippen molar-refractivity contribution in [2.24, 2.45) is 4.99 Å². The summed E-state index contributed by atoms with van der Waals surface area (Å²) in [6.45, 7) is 10.2. The average molecular weight is 601 g/mol. The minimum Gasteiger partial charge on any atom is -0.462 e. The van der Waals surface area contributed by atoms with Crippen LogP contribution >= 0.6 is 12.6 Å². The van der Waals surface area contributed by atoms with Gasteiger partial charge in [0.25, 0.3) is 0 Å². The standard InChI is InChI=1S/C37H48N2O3S/c1-5-38-32-24-34-30(22-26(32)3)36(31-23-27(4)33(39-6-2)25-35(31)42-34)28-18-14-15-19-29(28)37(40)41-20-16-12-10-8-7-9-11-13-17-21-43/h14-15,18-19,22-25,38,43H,5-13,16-17,20-21H2,1-4H3. The van der Waals surface area contributed by atoms with Crippen molar-refractivity contribution >= 4 is 35.3 Å². The molecule has 0 fully saturated rings. The van der Waals surface area contributed by atoms with Crippen molar-refractivity contribution < 1.29 is 13.9 Å². The van der Waals surface area contributed by atoms with Gasteiger partial charge in [-0.1, -0.05) is 63.1 Å². The van der Waals surface area contributed by atoms with Crippen LogP contribution in [0.3, 0.4) is 0 Å². The molecule has 0 unspecified atom stereocenters. The molecule has 0 saturated heterocycles. The molecule has 0 atom stereocenters. The van der Waals surface area contributed by atoms with Gasteiger partial charge in [0, 0.05) is 47.4 Å². The first-order chi connectivity index (χ1) is 21.0. The van der Waals surface area contributed by atoms with Crippen LogP contribution in [-0.4, -0.2) is 31.4 Å². The number of carbonyl (C=O) groups excluding carboxylic acids is 1. The van der Waals surface area contributed by atoms with Gasteiger partial charge in [0.15, 0.2) is 0 Å². The fourth-order valence-corrected chi connectivity index (χ4v) is 6.00. The summed E-state index contributed by atoms with van der Waals surface area (Å²) < 4.78 is 12.4. The molecule has 230 valence electrons. The Balaban J connectivity index is 1.60. The van der Waals surface area contributed by atoms with Gasteiger partial charge in [-0.15, -0.1) is 0 Å². The van der Waals surface area contributed by atoms with E-state index in [0.29, 0.717) is 18.7 Å². The number of thiol groups is 1. The van der Waals surface area contributed by atoms with Gasteiger partial charge in [-0.2, -0.15) is 12.6 Å². The molecule has 43 heavy (non-hydrogen) atoms. The van der Waals surface area contributed by atoms with Crippen molar-refractivity contribution in [1.29, 1.82) is 0 Å². The molecule has 0 saturated carbocycles. The van der Waals surface area contributed by atoms with E-state index in [1.165, 1.54) is 44.9 Å². The maximum atomic E-state index is 13.5. The molecule has 0 spiro atoms. The molecule has 5 nitrogen and oxygen atoms in total. The first-order valence-corrected chi connectivity index (χ1v) is 16.7. The second kappa shape index (κ2) is 16.6. The van der Waals surface area contributed by atoms with Crippen molar-refractivity contribution in [2.75, 3.05) is 30.8 Å². The third-order valence-electron chi connectivity index (χ3n) is 8.03. The fourth-order valence-electron chi connectivity index (χ4n) is 5.77. The number of ether oxygens (including phenoxy) is 1. The smallest absolute Gasteiger partial charge is 0.338 e. The van der Waals surface area contributed by atoms with E-state index in [9.17, 15) is 4.79 Å². The van der Waals surface area contributed by atoms with Crippen molar-refractivity contribution in [3.8, 4) is 22.5 Å². The maximum Gasteiger partial charge on any atom is 0.338 e. The lowest BCUT2D eigenvalue weighted by Crippen LogP contribution is -2.11. The number of aryl methyl sites for hydroxylation is 2. The number of benzene rings is 3. The molecule has 0 amide bonds. The van der Waals surface area contributed by atoms with E-state index in [0.717, 1.165) is 80.7 Å². The summed E-state index contributed by atoms with van der Waals surface area (Å²) in [6, 6.07) is 16.2. The number of rotatable bonds is 16. The van der Waals surface area contributed by atoms with Gasteiger partial charge in [0.1, 0.15) is 11.3 Å². The number of nitrogens with one attached hydrogen (secondary N) is 1. The predicted octanol–water partition coefficient (Wildman–Crippen LogP) is 9.77. The fraction of sp³-hybridized carbons (Fsp3) is 0.459. The van der Waals surface area contributed by atoms with Gasteiger partial charge in [-0.05, 0) is 81.2 Å². The van der Waals surface area contributed by atoms with Crippen molar-refractivity contribution in [3.63, 3.8) is 0 Å². The molecule has 6 heteroatoms. The van der Waals surface area contributed by atoms with Crippen molar-refractivity contribution in [3.05, 3.63) is 70.6 Å². The zero-order chi connectivity index (χ0) is 30.6. The second-order valence-electron chi connectivity index (χ2n) is 11.4. The molecule has 1 N–H and O–H groups in total. The van der Waals surface area contributed by atoms with Gasteiger partial charge >= 0.3 is 5.97 Å². The van der Waals surface area contributed by atoms with Gasteiger partial charge in [0.2, 0.25) is 0 Å². The monoisotopic (exact) mass is 600 g/mol. The normalized spacial score (nSPS) is 11.9. The molecule has 0 radical (unpaired) electrons. The number of anilines is 1. The van der Waals surface area contributed by atoms with E-state index in [-0.39, 0.29) is 5.97 Å².